The molecular weight excluding hydrogens is 542 g/mol. The van der Waals surface area contributed by atoms with Gasteiger partial charge in [0.2, 0.25) is 5.88 Å². The molecule has 3 aromatic rings. The second kappa shape index (κ2) is 10.3. The van der Waals surface area contributed by atoms with Crippen molar-refractivity contribution < 1.29 is 17.9 Å². The number of nitrogens with one attached hydrogen (secondary N) is 2. The maximum Gasteiger partial charge on any atom is 0.281 e. The Kier molecular flexibility index (Phi) is 6.91. The molecule has 218 valence electrons. The summed E-state index contributed by atoms with van der Waals surface area (Å²) in [5, 5.41) is 7.55. The summed E-state index contributed by atoms with van der Waals surface area (Å²) in [6.07, 6.45) is 8.06. The lowest BCUT2D eigenvalue weighted by atomic mass is 9.93. The van der Waals surface area contributed by atoms with E-state index < -0.39 is 15.9 Å². The number of anilines is 2. The van der Waals surface area contributed by atoms with Gasteiger partial charge in [-0.1, -0.05) is 13.0 Å². The molecular formula is C29H37N7O4S. The normalized spacial score (nSPS) is 22.5. The van der Waals surface area contributed by atoms with E-state index in [0.29, 0.717) is 54.4 Å². The van der Waals surface area contributed by atoms with E-state index in [1.54, 1.807) is 41.2 Å². The van der Waals surface area contributed by atoms with Gasteiger partial charge in [0.05, 0.1) is 12.2 Å². The van der Waals surface area contributed by atoms with E-state index in [4.69, 9.17) is 9.72 Å². The lowest BCUT2D eigenvalue weighted by molar-refractivity contribution is 0.0981. The molecule has 3 aliphatic rings. The number of fused-ring (bicyclic) bond motifs is 6. The van der Waals surface area contributed by atoms with E-state index in [1.165, 1.54) is 18.9 Å². The van der Waals surface area contributed by atoms with Crippen LogP contribution in [0.5, 0.6) is 5.88 Å². The Morgan fingerprint density at radius 1 is 1.10 bits per heavy atom. The molecule has 3 aromatic heterocycles. The Morgan fingerprint density at radius 3 is 2.73 bits per heavy atom. The fourth-order valence-electron chi connectivity index (χ4n) is 5.78. The van der Waals surface area contributed by atoms with Crippen LogP contribution < -0.4 is 19.7 Å². The largest absolute Gasteiger partial charge is 0.477 e. The van der Waals surface area contributed by atoms with Gasteiger partial charge in [0.25, 0.3) is 15.9 Å². The van der Waals surface area contributed by atoms with Crippen LogP contribution in [0.15, 0.2) is 47.6 Å². The molecule has 12 heteroatoms. The number of rotatable bonds is 5. The molecule has 41 heavy (non-hydrogen) atoms. The van der Waals surface area contributed by atoms with Crippen LogP contribution in [0.3, 0.4) is 0 Å². The fraction of sp³-hybridized carbons (Fsp3) is 0.517. The zero-order chi connectivity index (χ0) is 28.8. The highest BCUT2D eigenvalue weighted by atomic mass is 32.2. The maximum absolute atomic E-state index is 13.6. The smallest absolute Gasteiger partial charge is 0.281 e. The highest BCUT2D eigenvalue weighted by Gasteiger charge is 2.41. The lowest BCUT2D eigenvalue weighted by Gasteiger charge is -2.34. The van der Waals surface area contributed by atoms with Gasteiger partial charge in [-0.15, -0.1) is 5.10 Å². The third kappa shape index (κ3) is 5.88. The first-order chi connectivity index (χ1) is 19.5. The summed E-state index contributed by atoms with van der Waals surface area (Å²) in [5.74, 6) is 1.54. The number of carbonyl (C=O) groups excluding carboxylic acids is 1. The Labute approximate surface area is 240 Å². The predicted octanol–water partition coefficient (Wildman–Crippen LogP) is 4.16. The number of hydrogen-bond donors (Lipinski definition) is 2. The molecule has 11 nitrogen and oxygen atoms in total. The van der Waals surface area contributed by atoms with E-state index in [1.807, 2.05) is 0 Å². The first-order valence-electron chi connectivity index (χ1n) is 14.3. The van der Waals surface area contributed by atoms with Crippen molar-refractivity contribution in [3.63, 3.8) is 0 Å². The van der Waals surface area contributed by atoms with Gasteiger partial charge in [0, 0.05) is 30.9 Å². The molecule has 1 amide bonds. The lowest BCUT2D eigenvalue weighted by Crippen LogP contribution is -2.41. The molecule has 0 radical (unpaired) electrons. The maximum atomic E-state index is 13.6. The quantitative estimate of drug-likeness (QED) is 0.457. The number of carbonyl (C=O) groups is 1. The second-order valence-corrected chi connectivity index (χ2v) is 14.0. The van der Waals surface area contributed by atoms with Crippen molar-refractivity contribution in [1.29, 1.82) is 0 Å². The van der Waals surface area contributed by atoms with E-state index in [-0.39, 0.29) is 16.1 Å². The fourth-order valence-corrected chi connectivity index (χ4v) is 6.71. The van der Waals surface area contributed by atoms with Crippen molar-refractivity contribution >= 4 is 27.6 Å². The van der Waals surface area contributed by atoms with Crippen molar-refractivity contribution in [2.24, 2.45) is 11.3 Å². The molecule has 5 heterocycles. The van der Waals surface area contributed by atoms with Crippen LogP contribution in [0.4, 0.5) is 11.6 Å². The van der Waals surface area contributed by atoms with E-state index in [0.717, 1.165) is 25.7 Å². The van der Waals surface area contributed by atoms with E-state index >= 15 is 0 Å². The predicted molar refractivity (Wildman–Crippen MR) is 155 cm³/mol. The number of sulfonamides is 1. The van der Waals surface area contributed by atoms with Crippen LogP contribution in [-0.2, 0) is 10.0 Å². The minimum absolute atomic E-state index is 0.177. The van der Waals surface area contributed by atoms with Crippen LogP contribution in [0.25, 0.3) is 5.82 Å². The van der Waals surface area contributed by atoms with Gasteiger partial charge in [0.1, 0.15) is 11.6 Å². The highest BCUT2D eigenvalue weighted by molar-refractivity contribution is 7.90. The number of pyridine rings is 2. The SMILES string of the molecule is CC1(CCOc2ccn(-c3ccc4c(n3)N3C[C@@H](CCCNc5cccc(n5)S(=O)(=O)NC4=O)CC3(C)C)n2)CC1. The van der Waals surface area contributed by atoms with Crippen molar-refractivity contribution in [2.45, 2.75) is 69.9 Å². The second-order valence-electron chi connectivity index (χ2n) is 12.4. The molecule has 0 unspecified atom stereocenters. The van der Waals surface area contributed by atoms with E-state index in [9.17, 15) is 13.2 Å². The van der Waals surface area contributed by atoms with Crippen molar-refractivity contribution in [3.8, 4) is 11.7 Å². The first kappa shape index (κ1) is 27.5. The molecule has 2 aliphatic heterocycles. The van der Waals surface area contributed by atoms with Gasteiger partial charge in [-0.3, -0.25) is 4.79 Å². The Bertz CT molecular complexity index is 1560. The van der Waals surface area contributed by atoms with Crippen LogP contribution in [0.1, 0.15) is 69.7 Å². The summed E-state index contributed by atoms with van der Waals surface area (Å²) in [4.78, 5) is 24.8. The highest BCUT2D eigenvalue weighted by Crippen LogP contribution is 2.48. The van der Waals surface area contributed by atoms with Gasteiger partial charge >= 0.3 is 0 Å². The molecule has 1 saturated heterocycles. The summed E-state index contributed by atoms with van der Waals surface area (Å²) in [5.41, 5.74) is 0.283. The topological polar surface area (TPSA) is 131 Å². The van der Waals surface area contributed by atoms with Gasteiger partial charge < -0.3 is 15.0 Å². The molecule has 1 atom stereocenters. The summed E-state index contributed by atoms with van der Waals surface area (Å²) in [6, 6.07) is 9.79. The zero-order valence-corrected chi connectivity index (χ0v) is 24.6. The average molecular weight is 580 g/mol. The van der Waals surface area contributed by atoms with Gasteiger partial charge in [-0.2, -0.15) is 8.42 Å². The van der Waals surface area contributed by atoms with Gasteiger partial charge in [-0.25, -0.2) is 19.4 Å². The molecule has 0 aromatic carbocycles. The van der Waals surface area contributed by atoms with E-state index in [2.05, 4.69) is 45.8 Å². The number of aromatic nitrogens is 4. The minimum Gasteiger partial charge on any atom is -0.477 e. The average Bonchev–Trinajstić information content (AvgIpc) is 3.33. The van der Waals surface area contributed by atoms with Crippen molar-refractivity contribution in [2.75, 3.05) is 29.9 Å². The first-order valence-corrected chi connectivity index (χ1v) is 15.8. The molecule has 1 saturated carbocycles. The Balaban J connectivity index is 1.34. The van der Waals surface area contributed by atoms with Gasteiger partial charge in [0.15, 0.2) is 10.8 Å². The molecule has 6 rings (SSSR count). The molecule has 4 bridgehead atoms. The van der Waals surface area contributed by atoms with Crippen molar-refractivity contribution in [3.05, 3.63) is 48.2 Å². The number of amides is 1. The zero-order valence-electron chi connectivity index (χ0n) is 23.8. The number of ether oxygens (including phenoxy) is 1. The van der Waals surface area contributed by atoms with Crippen LogP contribution in [0, 0.1) is 11.3 Å². The summed E-state index contributed by atoms with van der Waals surface area (Å²) in [6.45, 7) is 8.52. The molecule has 2 N–H and O–H groups in total. The Hall–Kier alpha value is -3.67. The van der Waals surface area contributed by atoms with Crippen LogP contribution in [0.2, 0.25) is 0 Å². The Morgan fingerprint density at radius 2 is 1.93 bits per heavy atom. The molecule has 0 spiro atoms. The number of hydrogen-bond acceptors (Lipinski definition) is 9. The summed E-state index contributed by atoms with van der Waals surface area (Å²) >= 11 is 0. The van der Waals surface area contributed by atoms with Crippen LogP contribution in [-0.4, -0.2) is 59.3 Å². The third-order valence-electron chi connectivity index (χ3n) is 8.50. The molecule has 2 fully saturated rings. The standard InChI is InChI=1S/C29H37N7O4S/c1-28(2)18-20-6-5-15-30-22-7-4-8-25(31-22)41(38,39)34-27(37)21-9-10-23(32-26(21)35(28)19-20)36-16-11-24(33-36)40-17-14-29(3)12-13-29/h4,7-11,16,20H,5-6,12-15,17-19H2,1-3H3,(H,30,31)(H,34,37)/t20-/m0/s1. The summed E-state index contributed by atoms with van der Waals surface area (Å²) in [7, 11) is -4.22. The molecule has 1 aliphatic carbocycles. The third-order valence-corrected chi connectivity index (χ3v) is 9.73. The summed E-state index contributed by atoms with van der Waals surface area (Å²) < 4.78 is 36.1. The number of nitrogens with zero attached hydrogens (tertiary/aromatic N) is 5. The minimum atomic E-state index is -4.22. The van der Waals surface area contributed by atoms with Crippen molar-refractivity contribution in [1.82, 2.24) is 24.5 Å². The van der Waals surface area contributed by atoms with Gasteiger partial charge in [-0.05, 0) is 88.0 Å². The van der Waals surface area contributed by atoms with Crippen LogP contribution >= 0.6 is 0 Å². The monoisotopic (exact) mass is 579 g/mol.